The maximum atomic E-state index is 12.6. The minimum Gasteiger partial charge on any atom is -0.497 e. The Morgan fingerprint density at radius 2 is 2.04 bits per heavy atom. The van der Waals surface area contributed by atoms with E-state index in [1.807, 2.05) is 29.2 Å². The van der Waals surface area contributed by atoms with Gasteiger partial charge in [-0.15, -0.1) is 0 Å². The molecule has 1 fully saturated rings. The van der Waals surface area contributed by atoms with Crippen LogP contribution in [0.5, 0.6) is 5.75 Å². The third-order valence-corrected chi connectivity index (χ3v) is 4.51. The van der Waals surface area contributed by atoms with Crippen molar-refractivity contribution in [3.8, 4) is 5.75 Å². The molecule has 1 aliphatic heterocycles. The van der Waals surface area contributed by atoms with Gasteiger partial charge in [0, 0.05) is 32.0 Å². The number of nitrogens with zero attached hydrogens (tertiary/aromatic N) is 2. The Bertz CT molecular complexity index is 712. The molecule has 0 unspecified atom stereocenters. The number of likely N-dealkylation sites (tertiary alicyclic amines) is 1. The summed E-state index contributed by atoms with van der Waals surface area (Å²) in [5.41, 5.74) is 2.75. The SMILES string of the molecule is COc1cccc(CCNc2cncc(C(=O)N3CCCCC3)c2)c1. The molecule has 0 atom stereocenters. The van der Waals surface area contributed by atoms with Crippen molar-refractivity contribution in [1.29, 1.82) is 0 Å². The van der Waals surface area contributed by atoms with Crippen LogP contribution < -0.4 is 10.1 Å². The van der Waals surface area contributed by atoms with Crippen molar-refractivity contribution in [1.82, 2.24) is 9.88 Å². The molecular formula is C20H25N3O2. The summed E-state index contributed by atoms with van der Waals surface area (Å²) in [7, 11) is 1.67. The van der Waals surface area contributed by atoms with Crippen LogP contribution in [0.15, 0.2) is 42.7 Å². The summed E-state index contributed by atoms with van der Waals surface area (Å²) in [5, 5.41) is 3.35. The first kappa shape index (κ1) is 17.3. The molecule has 132 valence electrons. The van der Waals surface area contributed by atoms with Crippen molar-refractivity contribution in [3.63, 3.8) is 0 Å². The van der Waals surface area contributed by atoms with Gasteiger partial charge < -0.3 is 15.0 Å². The molecule has 1 aromatic heterocycles. The number of aromatic nitrogens is 1. The van der Waals surface area contributed by atoms with Crippen LogP contribution in [0.2, 0.25) is 0 Å². The number of methoxy groups -OCH3 is 1. The first-order chi connectivity index (χ1) is 12.3. The zero-order valence-electron chi connectivity index (χ0n) is 14.7. The third-order valence-electron chi connectivity index (χ3n) is 4.51. The number of pyridine rings is 1. The summed E-state index contributed by atoms with van der Waals surface area (Å²) in [4.78, 5) is 18.7. The summed E-state index contributed by atoms with van der Waals surface area (Å²) in [6.07, 6.45) is 7.70. The molecule has 25 heavy (non-hydrogen) atoms. The first-order valence-corrected chi connectivity index (χ1v) is 8.87. The normalized spacial score (nSPS) is 14.2. The van der Waals surface area contributed by atoms with Crippen LogP contribution in [0.25, 0.3) is 0 Å². The van der Waals surface area contributed by atoms with Gasteiger partial charge in [0.15, 0.2) is 0 Å². The summed E-state index contributed by atoms with van der Waals surface area (Å²) < 4.78 is 5.25. The van der Waals surface area contributed by atoms with Gasteiger partial charge >= 0.3 is 0 Å². The third kappa shape index (κ3) is 4.72. The lowest BCUT2D eigenvalue weighted by atomic mass is 10.1. The summed E-state index contributed by atoms with van der Waals surface area (Å²) >= 11 is 0. The van der Waals surface area contributed by atoms with Crippen molar-refractivity contribution >= 4 is 11.6 Å². The van der Waals surface area contributed by atoms with E-state index >= 15 is 0 Å². The van der Waals surface area contributed by atoms with Gasteiger partial charge in [-0.1, -0.05) is 12.1 Å². The smallest absolute Gasteiger partial charge is 0.255 e. The van der Waals surface area contributed by atoms with Crippen molar-refractivity contribution in [2.24, 2.45) is 0 Å². The minimum absolute atomic E-state index is 0.0867. The molecule has 1 aromatic carbocycles. The summed E-state index contributed by atoms with van der Waals surface area (Å²) in [6.45, 7) is 2.48. The van der Waals surface area contributed by atoms with Crippen LogP contribution in [0.3, 0.4) is 0 Å². The maximum Gasteiger partial charge on any atom is 0.255 e. The standard InChI is InChI=1S/C20H25N3O2/c1-25-19-7-5-6-16(12-19)8-9-22-18-13-17(14-21-15-18)20(24)23-10-3-2-4-11-23/h5-7,12-15,22H,2-4,8-11H2,1H3. The fraction of sp³-hybridized carbons (Fsp3) is 0.400. The van der Waals surface area contributed by atoms with Crippen LogP contribution in [0, 0.1) is 0 Å². The van der Waals surface area contributed by atoms with Crippen molar-refractivity contribution in [2.75, 3.05) is 32.1 Å². The average molecular weight is 339 g/mol. The summed E-state index contributed by atoms with van der Waals surface area (Å²) in [6, 6.07) is 9.95. The highest BCUT2D eigenvalue weighted by Crippen LogP contribution is 2.16. The lowest BCUT2D eigenvalue weighted by Gasteiger charge is -2.26. The molecule has 3 rings (SSSR count). The average Bonchev–Trinajstić information content (AvgIpc) is 2.68. The van der Waals surface area contributed by atoms with E-state index < -0.39 is 0 Å². The molecule has 0 radical (unpaired) electrons. The van der Waals surface area contributed by atoms with Gasteiger partial charge in [0.25, 0.3) is 5.91 Å². The van der Waals surface area contributed by atoms with Gasteiger partial charge in [-0.25, -0.2) is 0 Å². The van der Waals surface area contributed by atoms with Gasteiger partial charge in [0.05, 0.1) is 18.4 Å². The van der Waals surface area contributed by atoms with Crippen molar-refractivity contribution in [3.05, 3.63) is 53.9 Å². The van der Waals surface area contributed by atoms with Crippen LogP contribution in [0.4, 0.5) is 5.69 Å². The molecule has 0 spiro atoms. The molecule has 1 amide bonds. The lowest BCUT2D eigenvalue weighted by Crippen LogP contribution is -2.35. The van der Waals surface area contributed by atoms with Gasteiger partial charge in [-0.2, -0.15) is 0 Å². The van der Waals surface area contributed by atoms with E-state index in [4.69, 9.17) is 4.74 Å². The molecule has 0 bridgehead atoms. The number of piperidine rings is 1. The fourth-order valence-corrected chi connectivity index (χ4v) is 3.11. The van der Waals surface area contributed by atoms with E-state index in [1.165, 1.54) is 12.0 Å². The van der Waals surface area contributed by atoms with Crippen LogP contribution in [0.1, 0.15) is 35.2 Å². The summed E-state index contributed by atoms with van der Waals surface area (Å²) in [5.74, 6) is 0.955. The number of ether oxygens (including phenoxy) is 1. The molecule has 1 saturated heterocycles. The largest absolute Gasteiger partial charge is 0.497 e. The molecule has 0 saturated carbocycles. The molecule has 2 aromatic rings. The van der Waals surface area contributed by atoms with Gasteiger partial charge in [-0.05, 0) is 49.4 Å². The van der Waals surface area contributed by atoms with E-state index in [1.54, 1.807) is 19.5 Å². The number of rotatable bonds is 6. The van der Waals surface area contributed by atoms with Crippen LogP contribution >= 0.6 is 0 Å². The Morgan fingerprint density at radius 3 is 2.84 bits per heavy atom. The lowest BCUT2D eigenvalue weighted by molar-refractivity contribution is 0.0724. The fourth-order valence-electron chi connectivity index (χ4n) is 3.11. The molecule has 1 aliphatic rings. The van der Waals surface area contributed by atoms with E-state index in [-0.39, 0.29) is 5.91 Å². The molecule has 5 heteroatoms. The molecular weight excluding hydrogens is 314 g/mol. The monoisotopic (exact) mass is 339 g/mol. The predicted molar refractivity (Wildman–Crippen MR) is 99.2 cm³/mol. The number of nitrogens with one attached hydrogen (secondary N) is 1. The van der Waals surface area contributed by atoms with Crippen LogP contribution in [-0.4, -0.2) is 42.5 Å². The van der Waals surface area contributed by atoms with E-state index in [0.717, 1.165) is 50.3 Å². The topological polar surface area (TPSA) is 54.5 Å². The number of carbonyl (C=O) groups excluding carboxylic acids is 1. The van der Waals surface area contributed by atoms with Gasteiger partial charge in [0.1, 0.15) is 5.75 Å². The zero-order chi connectivity index (χ0) is 17.5. The number of hydrogen-bond acceptors (Lipinski definition) is 4. The molecule has 5 nitrogen and oxygen atoms in total. The minimum atomic E-state index is 0.0867. The Kier molecular flexibility index (Phi) is 5.88. The highest BCUT2D eigenvalue weighted by Gasteiger charge is 2.18. The second-order valence-corrected chi connectivity index (χ2v) is 6.34. The number of carbonyl (C=O) groups is 1. The van der Waals surface area contributed by atoms with Crippen molar-refractivity contribution in [2.45, 2.75) is 25.7 Å². The molecule has 1 N–H and O–H groups in total. The van der Waals surface area contributed by atoms with Crippen molar-refractivity contribution < 1.29 is 9.53 Å². The Balaban J connectivity index is 1.57. The Hall–Kier alpha value is -2.56. The Labute approximate surface area is 149 Å². The second kappa shape index (κ2) is 8.51. The zero-order valence-corrected chi connectivity index (χ0v) is 14.7. The maximum absolute atomic E-state index is 12.6. The van der Waals surface area contributed by atoms with Gasteiger partial charge in [-0.3, -0.25) is 9.78 Å². The molecule has 0 aliphatic carbocycles. The number of benzene rings is 1. The highest BCUT2D eigenvalue weighted by molar-refractivity contribution is 5.94. The second-order valence-electron chi connectivity index (χ2n) is 6.34. The van der Waals surface area contributed by atoms with E-state index in [0.29, 0.717) is 5.56 Å². The van der Waals surface area contributed by atoms with E-state index in [9.17, 15) is 4.79 Å². The quantitative estimate of drug-likeness (QED) is 0.877. The number of anilines is 1. The van der Waals surface area contributed by atoms with E-state index in [2.05, 4.69) is 16.4 Å². The van der Waals surface area contributed by atoms with Gasteiger partial charge in [0.2, 0.25) is 0 Å². The number of amides is 1. The Morgan fingerprint density at radius 1 is 1.20 bits per heavy atom. The molecule has 2 heterocycles. The number of hydrogen-bond donors (Lipinski definition) is 1. The first-order valence-electron chi connectivity index (χ1n) is 8.87. The highest BCUT2D eigenvalue weighted by atomic mass is 16.5. The van der Waals surface area contributed by atoms with Crippen LogP contribution in [-0.2, 0) is 6.42 Å². The predicted octanol–water partition coefficient (Wildman–Crippen LogP) is 3.37.